The topological polar surface area (TPSA) is 41.0 Å². The van der Waals surface area contributed by atoms with Crippen LogP contribution in [-0.4, -0.2) is 29.0 Å². The van der Waals surface area contributed by atoms with Crippen molar-refractivity contribution in [3.8, 4) is 0 Å². The van der Waals surface area contributed by atoms with Crippen molar-refractivity contribution in [2.75, 3.05) is 14.1 Å². The zero-order chi connectivity index (χ0) is 13.7. The molecule has 0 saturated carbocycles. The summed E-state index contributed by atoms with van der Waals surface area (Å²) in [7, 11) is 4.06. The number of aromatic nitrogens is 2. The van der Waals surface area contributed by atoms with Crippen molar-refractivity contribution >= 4 is 11.3 Å². The summed E-state index contributed by atoms with van der Waals surface area (Å²) < 4.78 is 0. The first kappa shape index (κ1) is 14.1. The highest BCUT2D eigenvalue weighted by Crippen LogP contribution is 2.15. The Hall–Kier alpha value is -1.30. The van der Waals surface area contributed by atoms with Gasteiger partial charge in [-0.1, -0.05) is 6.07 Å². The molecule has 4 nitrogen and oxygen atoms in total. The summed E-state index contributed by atoms with van der Waals surface area (Å²) in [6.45, 7) is 4.71. The smallest absolute Gasteiger partial charge is 0.0798 e. The van der Waals surface area contributed by atoms with Crippen LogP contribution in [0.3, 0.4) is 0 Å². The molecule has 1 N–H and O–H groups in total. The minimum absolute atomic E-state index is 0.858. The molecule has 2 heterocycles. The monoisotopic (exact) mass is 276 g/mol. The number of hydrogen-bond donors (Lipinski definition) is 1. The second kappa shape index (κ2) is 6.75. The van der Waals surface area contributed by atoms with E-state index in [9.17, 15) is 0 Å². The SMILES string of the molecule is CNCc1ccc(CN(C)Cc2scnc2C)nc1. The zero-order valence-electron chi connectivity index (χ0n) is 11.7. The molecule has 0 atom stereocenters. The largest absolute Gasteiger partial charge is 0.316 e. The normalized spacial score (nSPS) is 11.2. The fourth-order valence-corrected chi connectivity index (χ4v) is 2.77. The molecule has 0 spiro atoms. The average molecular weight is 276 g/mol. The zero-order valence-corrected chi connectivity index (χ0v) is 12.5. The number of pyridine rings is 1. The fraction of sp³-hybridized carbons (Fsp3) is 0.429. The Labute approximate surface area is 118 Å². The Morgan fingerprint density at radius 3 is 2.68 bits per heavy atom. The molecule has 5 heteroatoms. The van der Waals surface area contributed by atoms with Crippen LogP contribution in [0.15, 0.2) is 23.8 Å². The third-order valence-electron chi connectivity index (χ3n) is 2.96. The summed E-state index contributed by atoms with van der Waals surface area (Å²) in [5, 5.41) is 3.12. The van der Waals surface area contributed by atoms with E-state index in [0.29, 0.717) is 0 Å². The van der Waals surface area contributed by atoms with E-state index >= 15 is 0 Å². The highest BCUT2D eigenvalue weighted by Gasteiger charge is 2.07. The summed E-state index contributed by atoms with van der Waals surface area (Å²) >= 11 is 1.72. The third kappa shape index (κ3) is 4.09. The lowest BCUT2D eigenvalue weighted by Gasteiger charge is -2.15. The van der Waals surface area contributed by atoms with Crippen molar-refractivity contribution in [3.05, 3.63) is 45.7 Å². The van der Waals surface area contributed by atoms with Crippen molar-refractivity contribution in [2.45, 2.75) is 26.6 Å². The van der Waals surface area contributed by atoms with Gasteiger partial charge in [0.1, 0.15) is 0 Å². The van der Waals surface area contributed by atoms with Crippen LogP contribution in [0.25, 0.3) is 0 Å². The molecule has 19 heavy (non-hydrogen) atoms. The number of hydrogen-bond acceptors (Lipinski definition) is 5. The van der Waals surface area contributed by atoms with Crippen LogP contribution >= 0.6 is 11.3 Å². The Morgan fingerprint density at radius 2 is 2.11 bits per heavy atom. The van der Waals surface area contributed by atoms with Gasteiger partial charge in [0.25, 0.3) is 0 Å². The molecule has 0 aliphatic rings. The van der Waals surface area contributed by atoms with Crippen LogP contribution in [0.5, 0.6) is 0 Å². The predicted molar refractivity (Wildman–Crippen MR) is 79.0 cm³/mol. The van der Waals surface area contributed by atoms with Crippen LogP contribution in [-0.2, 0) is 19.6 Å². The fourth-order valence-electron chi connectivity index (χ4n) is 1.91. The van der Waals surface area contributed by atoms with E-state index in [1.54, 1.807) is 11.3 Å². The number of aryl methyl sites for hydroxylation is 1. The Morgan fingerprint density at radius 1 is 1.26 bits per heavy atom. The highest BCUT2D eigenvalue weighted by atomic mass is 32.1. The van der Waals surface area contributed by atoms with Crippen LogP contribution in [0, 0.1) is 6.92 Å². The van der Waals surface area contributed by atoms with Gasteiger partial charge >= 0.3 is 0 Å². The second-order valence-corrected chi connectivity index (χ2v) is 5.66. The molecule has 0 aliphatic carbocycles. The molecule has 0 fully saturated rings. The van der Waals surface area contributed by atoms with Gasteiger partial charge in [-0.3, -0.25) is 9.88 Å². The summed E-state index contributed by atoms with van der Waals surface area (Å²) in [6, 6.07) is 4.23. The van der Waals surface area contributed by atoms with Gasteiger partial charge in [0.05, 0.1) is 16.9 Å². The van der Waals surface area contributed by atoms with Gasteiger partial charge in [0.2, 0.25) is 0 Å². The molecule has 0 aromatic carbocycles. The van der Waals surface area contributed by atoms with E-state index in [1.165, 1.54) is 10.4 Å². The minimum Gasteiger partial charge on any atom is -0.316 e. The van der Waals surface area contributed by atoms with Crippen molar-refractivity contribution < 1.29 is 0 Å². The van der Waals surface area contributed by atoms with Gasteiger partial charge in [-0.05, 0) is 32.6 Å². The molecule has 0 saturated heterocycles. The summed E-state index contributed by atoms with van der Waals surface area (Å²) in [6.07, 6.45) is 1.94. The molecular formula is C14H20N4S. The number of thiazole rings is 1. The van der Waals surface area contributed by atoms with Crippen LogP contribution in [0.4, 0.5) is 0 Å². The van der Waals surface area contributed by atoms with Crippen LogP contribution < -0.4 is 5.32 Å². The van der Waals surface area contributed by atoms with Crippen molar-refractivity contribution in [2.24, 2.45) is 0 Å². The minimum atomic E-state index is 0.858. The lowest BCUT2D eigenvalue weighted by Crippen LogP contribution is -2.18. The van der Waals surface area contributed by atoms with Gasteiger partial charge in [0.15, 0.2) is 0 Å². The molecule has 102 valence electrons. The first-order valence-electron chi connectivity index (χ1n) is 6.35. The third-order valence-corrected chi connectivity index (χ3v) is 3.88. The average Bonchev–Trinajstić information content (AvgIpc) is 2.78. The number of nitrogens with one attached hydrogen (secondary N) is 1. The van der Waals surface area contributed by atoms with Gasteiger partial charge < -0.3 is 5.32 Å². The quantitative estimate of drug-likeness (QED) is 0.878. The highest BCUT2D eigenvalue weighted by molar-refractivity contribution is 7.09. The summed E-state index contributed by atoms with van der Waals surface area (Å²) in [4.78, 5) is 12.4. The van der Waals surface area contributed by atoms with Crippen molar-refractivity contribution in [3.63, 3.8) is 0 Å². The molecule has 0 unspecified atom stereocenters. The second-order valence-electron chi connectivity index (χ2n) is 4.72. The Kier molecular flexibility index (Phi) is 5.01. The lowest BCUT2D eigenvalue weighted by molar-refractivity contribution is 0.317. The van der Waals surface area contributed by atoms with Gasteiger partial charge in [-0.15, -0.1) is 11.3 Å². The van der Waals surface area contributed by atoms with Crippen molar-refractivity contribution in [1.29, 1.82) is 0 Å². The van der Waals surface area contributed by atoms with E-state index in [0.717, 1.165) is 31.0 Å². The first-order valence-corrected chi connectivity index (χ1v) is 7.23. The molecule has 0 aliphatic heterocycles. The standard InChI is InChI=1S/C14H20N4S/c1-11-14(19-10-17-11)9-18(3)8-13-5-4-12(6-15-2)7-16-13/h4-5,7,10,15H,6,8-9H2,1-3H3. The maximum Gasteiger partial charge on any atom is 0.0798 e. The Bertz CT molecular complexity index is 506. The van der Waals surface area contributed by atoms with E-state index in [-0.39, 0.29) is 0 Å². The van der Waals surface area contributed by atoms with E-state index < -0.39 is 0 Å². The van der Waals surface area contributed by atoms with Gasteiger partial charge in [-0.2, -0.15) is 0 Å². The maximum absolute atomic E-state index is 4.50. The molecule has 2 aromatic heterocycles. The number of nitrogens with zero attached hydrogens (tertiary/aromatic N) is 3. The predicted octanol–water partition coefficient (Wildman–Crippen LogP) is 2.20. The molecule has 2 rings (SSSR count). The van der Waals surface area contributed by atoms with Crippen molar-refractivity contribution in [1.82, 2.24) is 20.2 Å². The Balaban J connectivity index is 1.91. The lowest BCUT2D eigenvalue weighted by atomic mass is 10.2. The van der Waals surface area contributed by atoms with Crippen LogP contribution in [0.1, 0.15) is 21.8 Å². The maximum atomic E-state index is 4.50. The van der Waals surface area contributed by atoms with Gasteiger partial charge in [-0.25, -0.2) is 4.98 Å². The van der Waals surface area contributed by atoms with E-state index in [1.807, 2.05) is 18.8 Å². The molecule has 0 radical (unpaired) electrons. The molecule has 2 aromatic rings. The first-order chi connectivity index (χ1) is 9.19. The molecule has 0 amide bonds. The number of rotatable bonds is 6. The van der Waals surface area contributed by atoms with E-state index in [4.69, 9.17) is 0 Å². The molecule has 0 bridgehead atoms. The van der Waals surface area contributed by atoms with Crippen LogP contribution in [0.2, 0.25) is 0 Å². The molecular weight excluding hydrogens is 256 g/mol. The summed E-state index contributed by atoms with van der Waals surface area (Å²) in [5.41, 5.74) is 5.36. The summed E-state index contributed by atoms with van der Waals surface area (Å²) in [5.74, 6) is 0. The van der Waals surface area contributed by atoms with Gasteiger partial charge in [0, 0.05) is 30.7 Å². The van der Waals surface area contributed by atoms with E-state index in [2.05, 4.69) is 46.3 Å².